The van der Waals surface area contributed by atoms with Gasteiger partial charge in [-0.15, -0.1) is 0 Å². The van der Waals surface area contributed by atoms with Crippen LogP contribution in [0.5, 0.6) is 0 Å². The van der Waals surface area contributed by atoms with Gasteiger partial charge in [0.15, 0.2) is 0 Å². The van der Waals surface area contributed by atoms with E-state index in [-0.39, 0.29) is 4.90 Å². The summed E-state index contributed by atoms with van der Waals surface area (Å²) in [6.07, 6.45) is 2.04. The Morgan fingerprint density at radius 3 is 2.63 bits per heavy atom. The second-order valence-electron chi connectivity index (χ2n) is 3.57. The van der Waals surface area contributed by atoms with Gasteiger partial charge in [0.2, 0.25) is 0 Å². The molecule has 1 aromatic heterocycles. The van der Waals surface area contributed by atoms with Crippen LogP contribution in [-0.4, -0.2) is 13.4 Å². The van der Waals surface area contributed by atoms with Gasteiger partial charge in [0.05, 0.1) is 6.20 Å². The monoisotopic (exact) mass is 456 g/mol. The van der Waals surface area contributed by atoms with Crippen LogP contribution in [0.1, 0.15) is 0 Å². The Hall–Kier alpha value is -0.740. The van der Waals surface area contributed by atoms with E-state index in [9.17, 15) is 12.8 Å². The number of hydrogen-bond donors (Lipinski definition) is 1. The average molecular weight is 457 g/mol. The minimum Gasteiger partial charge on any atom is -0.280 e. The van der Waals surface area contributed by atoms with Crippen molar-refractivity contribution in [3.8, 4) is 0 Å². The van der Waals surface area contributed by atoms with Gasteiger partial charge in [-0.05, 0) is 62.8 Å². The molecule has 1 N–H and O–H groups in total. The van der Waals surface area contributed by atoms with Crippen molar-refractivity contribution in [2.24, 2.45) is 0 Å². The second-order valence-corrected chi connectivity index (χ2v) is 7.27. The molecule has 100 valence electrons. The largest absolute Gasteiger partial charge is 0.280 e. The molecular formula is C11H7BrFIN2O2S. The van der Waals surface area contributed by atoms with Gasteiger partial charge in [0.25, 0.3) is 10.0 Å². The van der Waals surface area contributed by atoms with Crippen molar-refractivity contribution in [3.63, 3.8) is 0 Å². The highest BCUT2D eigenvalue weighted by Gasteiger charge is 2.15. The van der Waals surface area contributed by atoms with Crippen LogP contribution >= 0.6 is 38.5 Å². The third-order valence-electron chi connectivity index (χ3n) is 2.16. The molecule has 0 radical (unpaired) electrons. The van der Waals surface area contributed by atoms with Crippen LogP contribution in [0.4, 0.5) is 10.1 Å². The van der Waals surface area contributed by atoms with E-state index in [2.05, 4.69) is 48.2 Å². The number of nitrogens with zero attached hydrogens (tertiary/aromatic N) is 1. The van der Waals surface area contributed by atoms with E-state index in [1.165, 1.54) is 0 Å². The fourth-order valence-corrected chi connectivity index (χ4v) is 3.10. The van der Waals surface area contributed by atoms with Gasteiger partial charge in [0, 0.05) is 19.9 Å². The minimum absolute atomic E-state index is 0.217. The van der Waals surface area contributed by atoms with E-state index in [0.717, 1.165) is 26.5 Å². The Balaban J connectivity index is 2.33. The highest BCUT2D eigenvalue weighted by atomic mass is 127. The first-order valence-electron chi connectivity index (χ1n) is 4.97. The maximum atomic E-state index is 13.0. The summed E-state index contributed by atoms with van der Waals surface area (Å²) >= 11 is 5.39. The number of hydrogen-bond acceptors (Lipinski definition) is 3. The number of anilines is 1. The normalized spacial score (nSPS) is 11.3. The Bertz CT molecular complexity index is 724. The first-order valence-corrected chi connectivity index (χ1v) is 8.32. The minimum atomic E-state index is -3.84. The van der Waals surface area contributed by atoms with Crippen LogP contribution < -0.4 is 4.72 Å². The summed E-state index contributed by atoms with van der Waals surface area (Å²) < 4.78 is 41.1. The molecule has 0 amide bonds. The topological polar surface area (TPSA) is 59.1 Å². The van der Waals surface area contributed by atoms with Crippen molar-refractivity contribution in [3.05, 3.63) is 50.5 Å². The maximum absolute atomic E-state index is 13.0. The molecule has 0 aliphatic heterocycles. The molecule has 0 aliphatic carbocycles. The number of halogens is 3. The van der Waals surface area contributed by atoms with Crippen LogP contribution in [-0.2, 0) is 10.0 Å². The number of rotatable bonds is 3. The van der Waals surface area contributed by atoms with Crippen molar-refractivity contribution in [1.29, 1.82) is 0 Å². The van der Waals surface area contributed by atoms with Crippen molar-refractivity contribution in [1.82, 2.24) is 4.98 Å². The van der Waals surface area contributed by atoms with E-state index in [0.29, 0.717) is 5.69 Å². The lowest BCUT2D eigenvalue weighted by atomic mass is 10.3. The summed E-state index contributed by atoms with van der Waals surface area (Å²) in [6.45, 7) is 0. The van der Waals surface area contributed by atoms with Crippen molar-refractivity contribution in [2.75, 3.05) is 4.72 Å². The molecule has 19 heavy (non-hydrogen) atoms. The number of pyridine rings is 1. The first kappa shape index (κ1) is 14.7. The van der Waals surface area contributed by atoms with Gasteiger partial charge in [-0.25, -0.2) is 12.8 Å². The zero-order chi connectivity index (χ0) is 14.0. The summed E-state index contributed by atoms with van der Waals surface area (Å²) in [5.41, 5.74) is 0.400. The molecule has 0 bridgehead atoms. The van der Waals surface area contributed by atoms with E-state index >= 15 is 0 Å². The fraction of sp³-hybridized carbons (Fsp3) is 0. The Morgan fingerprint density at radius 2 is 2.00 bits per heavy atom. The molecule has 0 aliphatic rings. The Labute approximate surface area is 131 Å². The van der Waals surface area contributed by atoms with Crippen molar-refractivity contribution >= 4 is 54.2 Å². The molecule has 1 heterocycles. The summed E-state index contributed by atoms with van der Waals surface area (Å²) in [4.78, 5) is 3.30. The third kappa shape index (κ3) is 3.63. The smallest absolute Gasteiger partial charge is 0.263 e. The summed E-state index contributed by atoms with van der Waals surface area (Å²) in [5.74, 6) is -0.701. The number of aromatic nitrogens is 1. The Morgan fingerprint density at radius 1 is 1.26 bits per heavy atom. The molecule has 0 atom stereocenters. The lowest BCUT2D eigenvalue weighted by molar-refractivity contribution is 0.592. The zero-order valence-corrected chi connectivity index (χ0v) is 13.8. The lowest BCUT2D eigenvalue weighted by Gasteiger charge is -2.08. The molecule has 0 saturated carbocycles. The van der Waals surface area contributed by atoms with E-state index in [1.54, 1.807) is 18.2 Å². The lowest BCUT2D eigenvalue weighted by Crippen LogP contribution is -2.13. The average Bonchev–Trinajstić information content (AvgIpc) is 2.33. The highest BCUT2D eigenvalue weighted by molar-refractivity contribution is 14.1. The van der Waals surface area contributed by atoms with Crippen LogP contribution in [0.3, 0.4) is 0 Å². The van der Waals surface area contributed by atoms with Crippen LogP contribution in [0.15, 0.2) is 46.0 Å². The molecule has 2 rings (SSSR count). The summed E-state index contributed by atoms with van der Waals surface area (Å²) in [7, 11) is -3.84. The van der Waals surface area contributed by atoms with Crippen LogP contribution in [0.25, 0.3) is 0 Å². The van der Waals surface area contributed by atoms with Gasteiger partial charge in [0.1, 0.15) is 10.7 Å². The SMILES string of the molecule is O=S(=O)(Nc1ccc(Br)c(I)c1)c1cncc(F)c1. The number of benzene rings is 1. The predicted molar refractivity (Wildman–Crippen MR) is 81.9 cm³/mol. The van der Waals surface area contributed by atoms with Gasteiger partial charge in [-0.2, -0.15) is 0 Å². The molecule has 1 aromatic carbocycles. The van der Waals surface area contributed by atoms with Crippen LogP contribution in [0.2, 0.25) is 0 Å². The highest BCUT2D eigenvalue weighted by Crippen LogP contribution is 2.24. The predicted octanol–water partition coefficient (Wildman–Crippen LogP) is 3.39. The van der Waals surface area contributed by atoms with Crippen molar-refractivity contribution in [2.45, 2.75) is 4.90 Å². The molecule has 8 heteroatoms. The molecule has 2 aromatic rings. The standard InChI is InChI=1S/C11H7BrFIN2O2S/c12-10-2-1-8(4-11(10)14)16-19(17,18)9-3-7(13)5-15-6-9/h1-6,16H. The quantitative estimate of drug-likeness (QED) is 0.720. The van der Waals surface area contributed by atoms with Gasteiger partial charge in [-0.3, -0.25) is 9.71 Å². The van der Waals surface area contributed by atoms with Crippen LogP contribution in [0, 0.1) is 9.39 Å². The Kier molecular flexibility index (Phi) is 4.41. The van der Waals surface area contributed by atoms with E-state index in [1.807, 2.05) is 0 Å². The second kappa shape index (κ2) is 5.71. The molecular weight excluding hydrogens is 450 g/mol. The van der Waals surface area contributed by atoms with Gasteiger partial charge in [-0.1, -0.05) is 0 Å². The van der Waals surface area contributed by atoms with Gasteiger partial charge < -0.3 is 0 Å². The molecule has 0 spiro atoms. The zero-order valence-electron chi connectivity index (χ0n) is 9.27. The van der Waals surface area contributed by atoms with E-state index in [4.69, 9.17) is 0 Å². The fourth-order valence-electron chi connectivity index (χ4n) is 1.31. The number of sulfonamides is 1. The maximum Gasteiger partial charge on any atom is 0.263 e. The van der Waals surface area contributed by atoms with Crippen molar-refractivity contribution < 1.29 is 12.8 Å². The molecule has 4 nitrogen and oxygen atoms in total. The third-order valence-corrected chi connectivity index (χ3v) is 5.84. The first-order chi connectivity index (χ1) is 8.88. The number of nitrogens with one attached hydrogen (secondary N) is 1. The molecule has 0 fully saturated rings. The summed E-state index contributed by atoms with van der Waals surface area (Å²) in [6, 6.07) is 5.91. The molecule has 0 unspecified atom stereocenters. The van der Waals surface area contributed by atoms with E-state index < -0.39 is 15.8 Å². The molecule has 0 saturated heterocycles. The van der Waals surface area contributed by atoms with Gasteiger partial charge >= 0.3 is 0 Å². The summed E-state index contributed by atoms with van der Waals surface area (Å²) in [5, 5.41) is 0.